The van der Waals surface area contributed by atoms with Crippen molar-refractivity contribution >= 4 is 17.6 Å². The van der Waals surface area contributed by atoms with Crippen LogP contribution in [0.15, 0.2) is 24.3 Å². The second-order valence-corrected chi connectivity index (χ2v) is 4.52. The number of carboxylic acid groups (broad SMARTS) is 1. The van der Waals surface area contributed by atoms with Gasteiger partial charge in [0.25, 0.3) is 0 Å². The number of aryl methyl sites for hydroxylation is 1. The van der Waals surface area contributed by atoms with Crippen LogP contribution in [0.1, 0.15) is 12.0 Å². The van der Waals surface area contributed by atoms with Crippen LogP contribution in [0.4, 0.5) is 5.69 Å². The first kappa shape index (κ1) is 14.2. The van der Waals surface area contributed by atoms with E-state index >= 15 is 0 Å². The molecule has 0 aliphatic rings. The minimum absolute atomic E-state index is 0.0982. The molecule has 0 bridgehead atoms. The van der Waals surface area contributed by atoms with Crippen LogP contribution < -0.4 is 15.3 Å². The monoisotopic (exact) mass is 250 g/mol. The van der Waals surface area contributed by atoms with Crippen molar-refractivity contribution < 1.29 is 19.6 Å². The van der Waals surface area contributed by atoms with E-state index < -0.39 is 12.0 Å². The molecular formula is C13H18N2O3. The van der Waals surface area contributed by atoms with Crippen molar-refractivity contribution in [2.75, 3.05) is 19.4 Å². The molecule has 0 spiro atoms. The molecule has 18 heavy (non-hydrogen) atoms. The third-order valence-corrected chi connectivity index (χ3v) is 2.79. The first-order valence-electron chi connectivity index (χ1n) is 5.78. The number of benzene rings is 1. The van der Waals surface area contributed by atoms with Gasteiger partial charge in [-0.05, 0) is 18.6 Å². The lowest BCUT2D eigenvalue weighted by molar-refractivity contribution is -0.878. The highest BCUT2D eigenvalue weighted by atomic mass is 16.4. The molecule has 0 aliphatic heterocycles. The summed E-state index contributed by atoms with van der Waals surface area (Å²) < 4.78 is 0. The molecule has 0 saturated carbocycles. The van der Waals surface area contributed by atoms with Crippen molar-refractivity contribution in [3.8, 4) is 0 Å². The van der Waals surface area contributed by atoms with Gasteiger partial charge >= 0.3 is 0 Å². The second-order valence-electron chi connectivity index (χ2n) is 4.52. The fourth-order valence-corrected chi connectivity index (χ4v) is 1.62. The van der Waals surface area contributed by atoms with Gasteiger partial charge in [0.15, 0.2) is 0 Å². The molecule has 2 N–H and O–H groups in total. The number of nitrogens with one attached hydrogen (secondary N) is 2. The summed E-state index contributed by atoms with van der Waals surface area (Å²) in [6, 6.07) is 6.51. The minimum Gasteiger partial charge on any atom is -0.544 e. The molecule has 5 nitrogen and oxygen atoms in total. The first-order chi connectivity index (χ1) is 8.41. The van der Waals surface area contributed by atoms with E-state index in [9.17, 15) is 14.7 Å². The van der Waals surface area contributed by atoms with E-state index in [1.165, 1.54) is 0 Å². The van der Waals surface area contributed by atoms with Crippen molar-refractivity contribution in [2.24, 2.45) is 0 Å². The molecule has 1 atom stereocenters. The van der Waals surface area contributed by atoms with E-state index in [1.54, 1.807) is 20.2 Å². The van der Waals surface area contributed by atoms with E-state index in [4.69, 9.17) is 0 Å². The second kappa shape index (κ2) is 6.16. The van der Waals surface area contributed by atoms with Crippen LogP contribution in [0, 0.1) is 6.92 Å². The van der Waals surface area contributed by atoms with Crippen molar-refractivity contribution in [1.29, 1.82) is 0 Å². The van der Waals surface area contributed by atoms with Crippen LogP contribution in [0.25, 0.3) is 0 Å². The lowest BCUT2D eigenvalue weighted by Gasteiger charge is -2.21. The van der Waals surface area contributed by atoms with Gasteiger partial charge in [-0.15, -0.1) is 0 Å². The quantitative estimate of drug-likeness (QED) is 0.674. The fraction of sp³-hybridized carbons (Fsp3) is 0.385. The number of amides is 1. The predicted molar refractivity (Wildman–Crippen MR) is 66.0 cm³/mol. The number of carboxylic acids is 1. The van der Waals surface area contributed by atoms with E-state index in [1.807, 2.05) is 25.1 Å². The normalized spacial score (nSPS) is 12.2. The molecule has 1 rings (SSSR count). The van der Waals surface area contributed by atoms with Gasteiger partial charge in [-0.25, -0.2) is 0 Å². The summed E-state index contributed by atoms with van der Waals surface area (Å²) in [6.07, 6.45) is -0.0982. The largest absolute Gasteiger partial charge is 0.544 e. The van der Waals surface area contributed by atoms with Gasteiger partial charge in [0.1, 0.15) is 6.04 Å². The Morgan fingerprint density at radius 1 is 1.33 bits per heavy atom. The molecule has 98 valence electrons. The highest BCUT2D eigenvalue weighted by Crippen LogP contribution is 2.13. The highest BCUT2D eigenvalue weighted by Gasteiger charge is 2.20. The van der Waals surface area contributed by atoms with Gasteiger partial charge in [-0.3, -0.25) is 4.79 Å². The van der Waals surface area contributed by atoms with E-state index in [0.717, 1.165) is 5.56 Å². The third-order valence-electron chi connectivity index (χ3n) is 2.79. The molecule has 0 fully saturated rings. The van der Waals surface area contributed by atoms with E-state index in [-0.39, 0.29) is 12.3 Å². The van der Waals surface area contributed by atoms with Gasteiger partial charge in [0, 0.05) is 5.69 Å². The molecule has 0 aliphatic carbocycles. The zero-order valence-corrected chi connectivity index (χ0v) is 10.8. The van der Waals surface area contributed by atoms with Gasteiger partial charge in [0.05, 0.1) is 26.5 Å². The number of quaternary nitrogens is 1. The van der Waals surface area contributed by atoms with Crippen LogP contribution in [0.5, 0.6) is 0 Å². The summed E-state index contributed by atoms with van der Waals surface area (Å²) in [4.78, 5) is 23.3. The topological polar surface area (TPSA) is 73.7 Å². The molecule has 1 amide bonds. The molecule has 0 radical (unpaired) electrons. The molecule has 0 heterocycles. The number of carbonyl (C=O) groups excluding carboxylic acids is 2. The summed E-state index contributed by atoms with van der Waals surface area (Å²) in [7, 11) is 3.36. The SMILES string of the molecule is Cc1ccccc1NC(=O)C[C@@H](C(=O)[O-])[NH+](C)C. The lowest BCUT2D eigenvalue weighted by atomic mass is 10.1. The van der Waals surface area contributed by atoms with Gasteiger partial charge in [-0.2, -0.15) is 0 Å². The number of para-hydroxylation sites is 1. The van der Waals surface area contributed by atoms with Crippen molar-refractivity contribution in [1.82, 2.24) is 0 Å². The van der Waals surface area contributed by atoms with E-state index in [2.05, 4.69) is 5.32 Å². The molecule has 1 aromatic carbocycles. The van der Waals surface area contributed by atoms with Gasteiger partial charge in [-0.1, -0.05) is 18.2 Å². The summed E-state index contributed by atoms with van der Waals surface area (Å²) in [5.41, 5.74) is 1.64. The number of hydrogen-bond donors (Lipinski definition) is 2. The van der Waals surface area contributed by atoms with E-state index in [0.29, 0.717) is 10.6 Å². The Morgan fingerprint density at radius 2 is 1.94 bits per heavy atom. The van der Waals surface area contributed by atoms with Crippen molar-refractivity contribution in [3.05, 3.63) is 29.8 Å². The smallest absolute Gasteiger partial charge is 0.230 e. The number of hydrogen-bond acceptors (Lipinski definition) is 3. The average Bonchev–Trinajstić information content (AvgIpc) is 2.28. The van der Waals surface area contributed by atoms with Gasteiger partial charge in [0.2, 0.25) is 5.91 Å². The Bertz CT molecular complexity index is 444. The number of aliphatic carboxylic acids is 1. The molecule has 5 heteroatoms. The summed E-state index contributed by atoms with van der Waals surface area (Å²) in [5.74, 6) is -1.53. The number of likely N-dealkylation sites (N-methyl/N-ethyl adjacent to an activating group) is 1. The van der Waals surface area contributed by atoms with Crippen LogP contribution in [-0.2, 0) is 9.59 Å². The van der Waals surface area contributed by atoms with Crippen molar-refractivity contribution in [3.63, 3.8) is 0 Å². The van der Waals surface area contributed by atoms with Crippen LogP contribution in [-0.4, -0.2) is 32.0 Å². The lowest BCUT2D eigenvalue weighted by Crippen LogP contribution is -3.12. The molecule has 0 aromatic heterocycles. The third kappa shape index (κ3) is 3.85. The molecule has 0 saturated heterocycles. The first-order valence-corrected chi connectivity index (χ1v) is 5.78. The molecule has 0 unspecified atom stereocenters. The zero-order valence-electron chi connectivity index (χ0n) is 10.8. The van der Waals surface area contributed by atoms with Crippen LogP contribution in [0.2, 0.25) is 0 Å². The number of anilines is 1. The highest BCUT2D eigenvalue weighted by molar-refractivity contribution is 5.93. The maximum absolute atomic E-state index is 11.8. The average molecular weight is 250 g/mol. The summed E-state index contributed by atoms with van der Waals surface area (Å²) in [6.45, 7) is 1.88. The van der Waals surface area contributed by atoms with Gasteiger partial charge < -0.3 is 20.1 Å². The minimum atomic E-state index is -1.21. The zero-order chi connectivity index (χ0) is 13.7. The standard InChI is InChI=1S/C13H18N2O3/c1-9-6-4-5-7-10(9)14-12(16)8-11(13(17)18)15(2)3/h4-7,11H,8H2,1-3H3,(H,14,16)(H,17,18)/t11-/m0/s1. The maximum Gasteiger partial charge on any atom is 0.230 e. The number of carbonyl (C=O) groups is 2. The van der Waals surface area contributed by atoms with Crippen molar-refractivity contribution in [2.45, 2.75) is 19.4 Å². The molecular weight excluding hydrogens is 232 g/mol. The fourth-order valence-electron chi connectivity index (χ4n) is 1.62. The van der Waals surface area contributed by atoms with Crippen LogP contribution in [0.3, 0.4) is 0 Å². The predicted octanol–water partition coefficient (Wildman–Crippen LogP) is -1.41. The Morgan fingerprint density at radius 3 is 2.44 bits per heavy atom. The Balaban J connectivity index is 2.67. The Kier molecular flexibility index (Phi) is 4.85. The summed E-state index contributed by atoms with van der Waals surface area (Å²) in [5, 5.41) is 13.6. The Labute approximate surface area is 106 Å². The molecule has 1 aromatic rings. The van der Waals surface area contributed by atoms with Crippen LogP contribution >= 0.6 is 0 Å². The maximum atomic E-state index is 11.8. The Hall–Kier alpha value is -1.88. The number of rotatable bonds is 5. The summed E-state index contributed by atoms with van der Waals surface area (Å²) >= 11 is 0.